The minimum atomic E-state index is -0.629. The minimum absolute atomic E-state index is 0.0971. The molecule has 1 amide bonds. The van der Waals surface area contributed by atoms with Crippen molar-refractivity contribution in [3.63, 3.8) is 0 Å². The molecule has 0 aromatic carbocycles. The van der Waals surface area contributed by atoms with E-state index in [0.717, 1.165) is 15.1 Å². The van der Waals surface area contributed by atoms with E-state index in [1.54, 1.807) is 0 Å². The molecular weight excluding hydrogens is 280 g/mol. The first-order valence-electron chi connectivity index (χ1n) is 5.83. The van der Waals surface area contributed by atoms with Crippen LogP contribution in [0, 0.1) is 13.8 Å². The molecule has 0 atom stereocenters. The lowest BCUT2D eigenvalue weighted by Crippen LogP contribution is -2.40. The Labute approximate surface area is 118 Å². The van der Waals surface area contributed by atoms with Gasteiger partial charge in [-0.25, -0.2) is 9.78 Å². The van der Waals surface area contributed by atoms with Crippen molar-refractivity contribution in [3.8, 4) is 0 Å². The summed E-state index contributed by atoms with van der Waals surface area (Å²) in [5.41, 5.74) is -0.373. The van der Waals surface area contributed by atoms with Gasteiger partial charge in [0.2, 0.25) is 0 Å². The van der Waals surface area contributed by atoms with Gasteiger partial charge in [0.15, 0.2) is 5.13 Å². The van der Waals surface area contributed by atoms with Crippen LogP contribution < -0.4 is 16.6 Å². The molecule has 0 aliphatic carbocycles. The van der Waals surface area contributed by atoms with Crippen LogP contribution in [0.15, 0.2) is 15.8 Å². The zero-order valence-electron chi connectivity index (χ0n) is 11.6. The SMILES string of the molecule is Cc1nc(NC(=O)c2cn(C)c(=O)n(C)c2=O)sc1C. The maximum Gasteiger partial charge on any atom is 0.330 e. The zero-order chi connectivity index (χ0) is 15.0. The smallest absolute Gasteiger partial charge is 0.303 e. The number of carbonyl (C=O) groups excluding carboxylic acids is 1. The van der Waals surface area contributed by atoms with E-state index >= 15 is 0 Å². The molecule has 0 radical (unpaired) electrons. The molecule has 0 fully saturated rings. The van der Waals surface area contributed by atoms with Crippen molar-refractivity contribution in [1.29, 1.82) is 0 Å². The van der Waals surface area contributed by atoms with Gasteiger partial charge in [-0.15, -0.1) is 11.3 Å². The van der Waals surface area contributed by atoms with E-state index in [0.29, 0.717) is 5.13 Å². The summed E-state index contributed by atoms with van der Waals surface area (Å²) in [5, 5.41) is 3.01. The predicted molar refractivity (Wildman–Crippen MR) is 76.5 cm³/mol. The highest BCUT2D eigenvalue weighted by atomic mass is 32.1. The standard InChI is InChI=1S/C12H14N4O3S/c1-6-7(2)20-11(13-6)14-9(17)8-5-15(3)12(19)16(4)10(8)18/h5H,1-4H3,(H,13,14,17). The van der Waals surface area contributed by atoms with Crippen LogP contribution in [-0.4, -0.2) is 20.0 Å². The van der Waals surface area contributed by atoms with E-state index in [1.807, 2.05) is 13.8 Å². The number of nitrogens with zero attached hydrogens (tertiary/aromatic N) is 3. The number of thiazole rings is 1. The first-order chi connectivity index (χ1) is 9.31. The van der Waals surface area contributed by atoms with Gasteiger partial charge in [-0.1, -0.05) is 0 Å². The molecule has 2 aromatic rings. The second kappa shape index (κ2) is 5.04. The zero-order valence-corrected chi connectivity index (χ0v) is 12.4. The van der Waals surface area contributed by atoms with Gasteiger partial charge in [-0.3, -0.25) is 19.5 Å². The largest absolute Gasteiger partial charge is 0.330 e. The van der Waals surface area contributed by atoms with Gasteiger partial charge >= 0.3 is 5.69 Å². The minimum Gasteiger partial charge on any atom is -0.303 e. The highest BCUT2D eigenvalue weighted by Gasteiger charge is 2.16. The van der Waals surface area contributed by atoms with Crippen molar-refractivity contribution in [3.05, 3.63) is 43.2 Å². The summed E-state index contributed by atoms with van der Waals surface area (Å²) in [6.07, 6.45) is 1.23. The lowest BCUT2D eigenvalue weighted by atomic mass is 10.3. The van der Waals surface area contributed by atoms with E-state index in [-0.39, 0.29) is 5.56 Å². The first kappa shape index (κ1) is 14.2. The topological polar surface area (TPSA) is 86.0 Å². The summed E-state index contributed by atoms with van der Waals surface area (Å²) in [4.78, 5) is 40.7. The third kappa shape index (κ3) is 2.42. The Morgan fingerprint density at radius 2 is 1.95 bits per heavy atom. The molecule has 2 heterocycles. The van der Waals surface area contributed by atoms with Crippen LogP contribution in [0.2, 0.25) is 0 Å². The number of nitrogens with one attached hydrogen (secondary N) is 1. The van der Waals surface area contributed by atoms with Crippen molar-refractivity contribution in [1.82, 2.24) is 14.1 Å². The van der Waals surface area contributed by atoms with Crippen LogP contribution in [-0.2, 0) is 14.1 Å². The van der Waals surface area contributed by atoms with Crippen molar-refractivity contribution in [2.24, 2.45) is 14.1 Å². The molecule has 7 nitrogen and oxygen atoms in total. The lowest BCUT2D eigenvalue weighted by Gasteiger charge is -2.06. The second-order valence-electron chi connectivity index (χ2n) is 4.42. The number of amides is 1. The monoisotopic (exact) mass is 294 g/mol. The molecular formula is C12H14N4O3S. The van der Waals surface area contributed by atoms with E-state index in [4.69, 9.17) is 0 Å². The van der Waals surface area contributed by atoms with Crippen LogP contribution in [0.25, 0.3) is 0 Å². The molecule has 8 heteroatoms. The molecule has 20 heavy (non-hydrogen) atoms. The molecule has 0 saturated heterocycles. The molecule has 0 bridgehead atoms. The van der Waals surface area contributed by atoms with Gasteiger partial charge < -0.3 is 4.57 Å². The van der Waals surface area contributed by atoms with Crippen molar-refractivity contribution >= 4 is 22.4 Å². The number of anilines is 1. The molecule has 0 aliphatic heterocycles. The number of aryl methyl sites for hydroxylation is 3. The molecule has 2 rings (SSSR count). The Bertz CT molecular complexity index is 781. The third-order valence-electron chi connectivity index (χ3n) is 2.94. The third-order valence-corrected chi connectivity index (χ3v) is 3.93. The van der Waals surface area contributed by atoms with Gasteiger partial charge in [0.25, 0.3) is 11.5 Å². The molecule has 0 saturated carbocycles. The summed E-state index contributed by atoms with van der Waals surface area (Å²) < 4.78 is 2.09. The summed E-state index contributed by atoms with van der Waals surface area (Å²) in [5.74, 6) is -0.574. The van der Waals surface area contributed by atoms with E-state index in [2.05, 4.69) is 10.3 Å². The average Bonchev–Trinajstić information content (AvgIpc) is 2.70. The maximum absolute atomic E-state index is 12.1. The Morgan fingerprint density at radius 3 is 2.50 bits per heavy atom. The molecule has 0 unspecified atom stereocenters. The van der Waals surface area contributed by atoms with Gasteiger partial charge in [0.05, 0.1) is 5.69 Å². The predicted octanol–water partition coefficient (Wildman–Crippen LogP) is 0.410. The number of hydrogen-bond donors (Lipinski definition) is 1. The Kier molecular flexibility index (Phi) is 3.58. The lowest BCUT2D eigenvalue weighted by molar-refractivity contribution is 0.102. The fraction of sp³-hybridized carbons (Fsp3) is 0.333. The molecule has 0 spiro atoms. The second-order valence-corrected chi connectivity index (χ2v) is 5.62. The van der Waals surface area contributed by atoms with Gasteiger partial charge in [0, 0.05) is 25.2 Å². The fourth-order valence-electron chi connectivity index (χ4n) is 1.65. The average molecular weight is 294 g/mol. The van der Waals surface area contributed by atoms with E-state index < -0.39 is 17.2 Å². The highest BCUT2D eigenvalue weighted by Crippen LogP contribution is 2.21. The number of hydrogen-bond acceptors (Lipinski definition) is 5. The molecule has 1 N–H and O–H groups in total. The normalized spacial score (nSPS) is 10.6. The van der Waals surface area contributed by atoms with Gasteiger partial charge in [0.1, 0.15) is 5.56 Å². The summed E-state index contributed by atoms with van der Waals surface area (Å²) >= 11 is 1.33. The molecule has 106 valence electrons. The van der Waals surface area contributed by atoms with E-state index in [1.165, 1.54) is 36.2 Å². The van der Waals surface area contributed by atoms with Gasteiger partial charge in [-0.05, 0) is 13.8 Å². The summed E-state index contributed by atoms with van der Waals surface area (Å²) in [7, 11) is 2.81. The van der Waals surface area contributed by atoms with Crippen LogP contribution in [0.3, 0.4) is 0 Å². The number of rotatable bonds is 2. The fourth-order valence-corrected chi connectivity index (χ4v) is 2.46. The first-order valence-corrected chi connectivity index (χ1v) is 6.65. The van der Waals surface area contributed by atoms with Crippen LogP contribution in [0.5, 0.6) is 0 Å². The number of carbonyl (C=O) groups is 1. The van der Waals surface area contributed by atoms with Crippen LogP contribution >= 0.6 is 11.3 Å². The summed E-state index contributed by atoms with van der Waals surface area (Å²) in [6.45, 7) is 3.74. The van der Waals surface area contributed by atoms with Gasteiger partial charge in [-0.2, -0.15) is 0 Å². The Hall–Kier alpha value is -2.22. The molecule has 2 aromatic heterocycles. The Balaban J connectivity index is 2.40. The quantitative estimate of drug-likeness (QED) is 0.869. The number of aromatic nitrogens is 3. The van der Waals surface area contributed by atoms with E-state index in [9.17, 15) is 14.4 Å². The van der Waals surface area contributed by atoms with Crippen LogP contribution in [0.4, 0.5) is 5.13 Å². The maximum atomic E-state index is 12.1. The van der Waals surface area contributed by atoms with Crippen molar-refractivity contribution in [2.75, 3.05) is 5.32 Å². The van der Waals surface area contributed by atoms with Crippen molar-refractivity contribution in [2.45, 2.75) is 13.8 Å². The van der Waals surface area contributed by atoms with Crippen molar-refractivity contribution < 1.29 is 4.79 Å². The van der Waals surface area contributed by atoms with Crippen LogP contribution in [0.1, 0.15) is 20.9 Å². The highest BCUT2D eigenvalue weighted by molar-refractivity contribution is 7.15. The molecule has 0 aliphatic rings. The summed E-state index contributed by atoms with van der Waals surface area (Å²) in [6, 6.07) is 0. The Morgan fingerprint density at radius 1 is 1.30 bits per heavy atom.